The monoisotopic (exact) mass is 668 g/mol. The topological polar surface area (TPSA) is 119 Å². The van der Waals surface area contributed by atoms with Crippen LogP contribution in [0.15, 0.2) is 79.3 Å². The zero-order chi connectivity index (χ0) is 31.3. The van der Waals surface area contributed by atoms with E-state index in [1.807, 2.05) is 18.3 Å². The van der Waals surface area contributed by atoms with E-state index >= 15 is 0 Å². The van der Waals surface area contributed by atoms with Gasteiger partial charge < -0.3 is 4.74 Å². The van der Waals surface area contributed by atoms with Gasteiger partial charge in [0.25, 0.3) is 0 Å². The standard InChI is InChI=1S/C32H32AsF3N4O4/c1-19-5-7-20(8-6-19)15-26(28-17-38-18-39-28)33-25-13-14-43-29-23(25)3-2-4-24(29)31(42)40-27(30(37)41)16-21-9-11-22(12-10-21)44-32(34,35)36/h2-12,17-18,25-27,33H,13-16H2,1H3,(H2,37,41)(H,38,39)(H,40,42)/t25?,26?,27-/m0/s1. The molecule has 3 unspecified atom stereocenters. The number of imidazole rings is 1. The van der Waals surface area contributed by atoms with Crippen molar-refractivity contribution in [3.63, 3.8) is 0 Å². The molecule has 1 aliphatic rings. The molecule has 0 spiro atoms. The number of hydrogen-bond acceptors (Lipinski definition) is 5. The molecule has 12 heteroatoms. The molecule has 0 saturated carbocycles. The van der Waals surface area contributed by atoms with Crippen molar-refractivity contribution in [2.75, 3.05) is 6.61 Å². The average molecular weight is 669 g/mol. The number of fused-ring (bicyclic) bond motifs is 1. The summed E-state index contributed by atoms with van der Waals surface area (Å²) in [5, 5.41) is 2.69. The van der Waals surface area contributed by atoms with Crippen LogP contribution in [0.25, 0.3) is 0 Å². The number of carbonyl (C=O) groups is 2. The van der Waals surface area contributed by atoms with E-state index in [-0.39, 0.29) is 21.6 Å². The first-order chi connectivity index (χ1) is 21.1. The zero-order valence-electron chi connectivity index (χ0n) is 23.9. The van der Waals surface area contributed by atoms with Crippen LogP contribution >= 0.6 is 0 Å². The molecule has 8 nitrogen and oxygen atoms in total. The summed E-state index contributed by atoms with van der Waals surface area (Å²) in [5.41, 5.74) is 10.9. The first-order valence-corrected chi connectivity index (χ1v) is 16.5. The van der Waals surface area contributed by atoms with E-state index in [0.717, 1.165) is 36.2 Å². The number of aryl methyl sites for hydroxylation is 1. The number of alkyl halides is 3. The fraction of sp³-hybridized carbons (Fsp3) is 0.281. The summed E-state index contributed by atoms with van der Waals surface area (Å²) in [6.45, 7) is 2.52. The number of primary amides is 1. The molecule has 1 aromatic heterocycles. The third-order valence-corrected chi connectivity index (χ3v) is 11.4. The Bertz CT molecular complexity index is 1580. The van der Waals surface area contributed by atoms with Gasteiger partial charge in [-0.1, -0.05) is 0 Å². The Morgan fingerprint density at radius 2 is 1.80 bits per heavy atom. The van der Waals surface area contributed by atoms with E-state index < -0.39 is 40.0 Å². The van der Waals surface area contributed by atoms with Gasteiger partial charge in [-0.2, -0.15) is 0 Å². The van der Waals surface area contributed by atoms with Crippen molar-refractivity contribution in [3.05, 3.63) is 113 Å². The van der Waals surface area contributed by atoms with Gasteiger partial charge in [-0.05, 0) is 0 Å². The van der Waals surface area contributed by atoms with Gasteiger partial charge in [0.05, 0.1) is 0 Å². The predicted octanol–water partition coefficient (Wildman–Crippen LogP) is 4.69. The molecule has 0 bridgehead atoms. The van der Waals surface area contributed by atoms with Crippen LogP contribution in [0.5, 0.6) is 11.5 Å². The van der Waals surface area contributed by atoms with Gasteiger partial charge in [-0.25, -0.2) is 0 Å². The first kappa shape index (κ1) is 31.2. The number of aromatic nitrogens is 2. The fourth-order valence-electron chi connectivity index (χ4n) is 5.22. The van der Waals surface area contributed by atoms with Gasteiger partial charge in [-0.3, -0.25) is 0 Å². The molecule has 2 amide bonds. The molecule has 3 aromatic carbocycles. The molecule has 1 aliphatic heterocycles. The van der Waals surface area contributed by atoms with Gasteiger partial charge in [0, 0.05) is 0 Å². The van der Waals surface area contributed by atoms with Gasteiger partial charge >= 0.3 is 242 Å². The summed E-state index contributed by atoms with van der Waals surface area (Å²) < 4.78 is 47.9. The molecular formula is C32H32AsF3N4O4. The van der Waals surface area contributed by atoms with Crippen LogP contribution in [0.1, 0.15) is 54.1 Å². The van der Waals surface area contributed by atoms with Crippen molar-refractivity contribution in [2.24, 2.45) is 5.73 Å². The fourth-order valence-corrected chi connectivity index (χ4v) is 9.14. The summed E-state index contributed by atoms with van der Waals surface area (Å²) in [6, 6.07) is 18.0. The number of nitrogens with one attached hydrogen (secondary N) is 2. The molecule has 4 aromatic rings. The van der Waals surface area contributed by atoms with Gasteiger partial charge in [-0.15, -0.1) is 13.2 Å². The Labute approximate surface area is 259 Å². The molecule has 230 valence electrons. The molecule has 44 heavy (non-hydrogen) atoms. The normalized spacial score (nSPS) is 16.1. The minimum absolute atomic E-state index is 0.0109. The summed E-state index contributed by atoms with van der Waals surface area (Å²) in [7, 11) is 0. The van der Waals surface area contributed by atoms with Crippen LogP contribution < -0.4 is 20.5 Å². The summed E-state index contributed by atoms with van der Waals surface area (Å²) in [5.74, 6) is -1.18. The third kappa shape index (κ3) is 8.02. The maximum absolute atomic E-state index is 13.5. The van der Waals surface area contributed by atoms with Crippen molar-refractivity contribution in [1.29, 1.82) is 0 Å². The SMILES string of the molecule is Cc1ccc(CC([AsH]C2CCOc3c(C(=O)N[C@@H](Cc4ccc(OC(F)(F)F)cc4)C(N)=O)cccc32)c2cnc[nH]2)cc1. The number of benzene rings is 3. The second-order valence-corrected chi connectivity index (χ2v) is 14.3. The van der Waals surface area contributed by atoms with E-state index in [4.69, 9.17) is 10.5 Å². The molecule has 4 N–H and O–H groups in total. The zero-order valence-corrected chi connectivity index (χ0v) is 26.0. The number of H-pyrrole nitrogens is 1. The maximum atomic E-state index is 13.5. The number of amides is 2. The van der Waals surface area contributed by atoms with Crippen molar-refractivity contribution < 1.29 is 32.2 Å². The van der Waals surface area contributed by atoms with E-state index in [1.165, 1.54) is 23.3 Å². The van der Waals surface area contributed by atoms with Crippen LogP contribution in [-0.4, -0.2) is 56.5 Å². The molecular weight excluding hydrogens is 636 g/mol. The molecule has 0 aliphatic carbocycles. The Hall–Kier alpha value is -4.24. The predicted molar refractivity (Wildman–Crippen MR) is 160 cm³/mol. The molecule has 2 heterocycles. The van der Waals surface area contributed by atoms with Gasteiger partial charge in [0.2, 0.25) is 0 Å². The Morgan fingerprint density at radius 3 is 2.45 bits per heavy atom. The van der Waals surface area contributed by atoms with Crippen molar-refractivity contribution in [2.45, 2.75) is 48.0 Å². The van der Waals surface area contributed by atoms with Crippen LogP contribution in [0.4, 0.5) is 13.2 Å². The number of halogens is 3. The number of para-hydroxylation sites is 1. The van der Waals surface area contributed by atoms with Crippen molar-refractivity contribution >= 4 is 27.6 Å². The van der Waals surface area contributed by atoms with Gasteiger partial charge in [0.15, 0.2) is 0 Å². The van der Waals surface area contributed by atoms with E-state index in [2.05, 4.69) is 51.2 Å². The number of carbonyl (C=O) groups excluding carboxylic acids is 2. The number of ether oxygens (including phenoxy) is 2. The number of hydrogen-bond donors (Lipinski definition) is 3. The minimum atomic E-state index is -4.81. The summed E-state index contributed by atoms with van der Waals surface area (Å²) >= 11 is -0.657. The summed E-state index contributed by atoms with van der Waals surface area (Å²) in [6.07, 6.45) is 0.456. The van der Waals surface area contributed by atoms with Crippen LogP contribution in [0, 0.1) is 6.92 Å². The van der Waals surface area contributed by atoms with E-state index in [1.54, 1.807) is 12.4 Å². The van der Waals surface area contributed by atoms with Gasteiger partial charge in [0.1, 0.15) is 0 Å². The van der Waals surface area contributed by atoms with Crippen LogP contribution in [-0.2, 0) is 17.6 Å². The Morgan fingerprint density at radius 1 is 1.09 bits per heavy atom. The Balaban J connectivity index is 1.32. The van der Waals surface area contributed by atoms with Crippen LogP contribution in [0.3, 0.4) is 0 Å². The third-order valence-electron chi connectivity index (χ3n) is 7.42. The quantitative estimate of drug-likeness (QED) is 0.201. The number of nitrogens with two attached hydrogens (primary N) is 1. The number of rotatable bonds is 11. The number of nitrogens with zero attached hydrogens (tertiary/aromatic N) is 1. The first-order valence-electron chi connectivity index (χ1n) is 14.1. The second-order valence-electron chi connectivity index (χ2n) is 10.7. The number of aromatic amines is 1. The second kappa shape index (κ2) is 13.6. The molecule has 4 atom stereocenters. The molecule has 0 fully saturated rings. The molecule has 5 rings (SSSR count). The van der Waals surface area contributed by atoms with E-state index in [0.29, 0.717) is 23.5 Å². The van der Waals surface area contributed by atoms with Crippen LogP contribution in [0.2, 0.25) is 0 Å². The van der Waals surface area contributed by atoms with E-state index in [9.17, 15) is 22.8 Å². The van der Waals surface area contributed by atoms with Crippen molar-refractivity contribution in [1.82, 2.24) is 15.3 Å². The summed E-state index contributed by atoms with van der Waals surface area (Å²) in [4.78, 5) is 33.3. The molecule has 0 saturated heterocycles. The average Bonchev–Trinajstić information content (AvgIpc) is 3.53. The van der Waals surface area contributed by atoms with Crippen molar-refractivity contribution in [3.8, 4) is 11.5 Å². The molecule has 0 radical (unpaired) electrons. The Kier molecular flexibility index (Phi) is 9.64.